The van der Waals surface area contributed by atoms with Gasteiger partial charge in [0.05, 0.1) is 14.2 Å². The molecule has 140 valence electrons. The summed E-state index contributed by atoms with van der Waals surface area (Å²) in [4.78, 5) is 0. The van der Waals surface area contributed by atoms with Gasteiger partial charge in [0.15, 0.2) is 0 Å². The molecule has 0 fully saturated rings. The molecule has 0 bridgehead atoms. The molecule has 5 heteroatoms. The topological polar surface area (TPSA) is 58.9 Å². The van der Waals surface area contributed by atoms with Crippen molar-refractivity contribution < 1.29 is 19.7 Å². The molecule has 3 aromatic rings. The van der Waals surface area contributed by atoms with Crippen LogP contribution in [0, 0.1) is 13.8 Å². The average Bonchev–Trinajstić information content (AvgIpc) is 2.66. The van der Waals surface area contributed by atoms with Crippen molar-refractivity contribution >= 4 is 14.5 Å². The standard InChI is InChI=1S/C22H23O4P/c1-12-8-14(25-3)10-17(21(12)23)16-6-5-7-19(27)20(16)18-11-15(26-4)9-13(2)22(18)24/h5-11,23-24H,27H2,1-4H3. The average molecular weight is 382 g/mol. The highest BCUT2D eigenvalue weighted by molar-refractivity contribution is 7.28. The van der Waals surface area contributed by atoms with Crippen LogP contribution >= 0.6 is 9.24 Å². The van der Waals surface area contributed by atoms with Crippen LogP contribution in [-0.4, -0.2) is 24.4 Å². The number of aromatic hydroxyl groups is 2. The molecule has 3 rings (SSSR count). The Labute approximate surface area is 161 Å². The lowest BCUT2D eigenvalue weighted by atomic mass is 9.91. The van der Waals surface area contributed by atoms with Gasteiger partial charge >= 0.3 is 0 Å². The minimum atomic E-state index is 0.186. The predicted molar refractivity (Wildman–Crippen MR) is 113 cm³/mol. The van der Waals surface area contributed by atoms with E-state index in [1.54, 1.807) is 38.5 Å². The smallest absolute Gasteiger partial charge is 0.126 e. The minimum absolute atomic E-state index is 0.186. The van der Waals surface area contributed by atoms with Gasteiger partial charge in [0.2, 0.25) is 0 Å². The molecular weight excluding hydrogens is 359 g/mol. The number of ether oxygens (including phenoxy) is 2. The van der Waals surface area contributed by atoms with E-state index in [-0.39, 0.29) is 11.5 Å². The fourth-order valence-corrected chi connectivity index (χ4v) is 3.64. The number of methoxy groups -OCH3 is 2. The second-order valence-corrected chi connectivity index (χ2v) is 7.07. The fraction of sp³-hybridized carbons (Fsp3) is 0.182. The second-order valence-electron chi connectivity index (χ2n) is 6.45. The minimum Gasteiger partial charge on any atom is -0.507 e. The zero-order valence-corrected chi connectivity index (χ0v) is 17.0. The van der Waals surface area contributed by atoms with Crippen molar-refractivity contribution in [2.24, 2.45) is 0 Å². The van der Waals surface area contributed by atoms with E-state index in [0.29, 0.717) is 22.6 Å². The largest absolute Gasteiger partial charge is 0.507 e. The van der Waals surface area contributed by atoms with Crippen LogP contribution in [-0.2, 0) is 0 Å². The van der Waals surface area contributed by atoms with Crippen LogP contribution in [0.25, 0.3) is 22.3 Å². The summed E-state index contributed by atoms with van der Waals surface area (Å²) < 4.78 is 10.8. The lowest BCUT2D eigenvalue weighted by Gasteiger charge is -2.18. The van der Waals surface area contributed by atoms with Crippen molar-refractivity contribution in [2.45, 2.75) is 13.8 Å². The molecule has 0 aliphatic rings. The Kier molecular flexibility index (Phi) is 5.29. The maximum absolute atomic E-state index is 10.7. The third-order valence-corrected chi connectivity index (χ3v) is 5.16. The van der Waals surface area contributed by atoms with Crippen LogP contribution in [0.4, 0.5) is 0 Å². The molecule has 1 atom stereocenters. The Balaban J connectivity index is 2.37. The first-order valence-electron chi connectivity index (χ1n) is 8.51. The van der Waals surface area contributed by atoms with Crippen LogP contribution < -0.4 is 14.8 Å². The maximum atomic E-state index is 10.7. The number of hydrogen-bond acceptors (Lipinski definition) is 4. The first kappa shape index (κ1) is 19.1. The Bertz CT molecular complexity index is 1010. The fourth-order valence-electron chi connectivity index (χ4n) is 3.22. The highest BCUT2D eigenvalue weighted by Gasteiger charge is 2.19. The monoisotopic (exact) mass is 382 g/mol. The summed E-state index contributed by atoms with van der Waals surface area (Å²) in [5.74, 6) is 1.69. The normalized spacial score (nSPS) is 10.7. The van der Waals surface area contributed by atoms with Gasteiger partial charge in [-0.1, -0.05) is 18.2 Å². The van der Waals surface area contributed by atoms with Crippen LogP contribution in [0.2, 0.25) is 0 Å². The first-order valence-corrected chi connectivity index (χ1v) is 9.09. The second kappa shape index (κ2) is 7.50. The highest BCUT2D eigenvalue weighted by Crippen LogP contribution is 2.44. The van der Waals surface area contributed by atoms with Gasteiger partial charge < -0.3 is 19.7 Å². The van der Waals surface area contributed by atoms with Gasteiger partial charge in [-0.15, -0.1) is 9.24 Å². The molecule has 2 N–H and O–H groups in total. The Hall–Kier alpha value is -2.71. The zero-order chi connectivity index (χ0) is 19.7. The number of benzene rings is 3. The van der Waals surface area contributed by atoms with Crippen LogP contribution in [0.15, 0.2) is 42.5 Å². The van der Waals surface area contributed by atoms with Crippen molar-refractivity contribution in [1.82, 2.24) is 0 Å². The molecule has 0 aromatic heterocycles. The number of hydrogen-bond donors (Lipinski definition) is 2. The van der Waals surface area contributed by atoms with E-state index in [0.717, 1.165) is 27.6 Å². The van der Waals surface area contributed by atoms with Crippen LogP contribution in [0.5, 0.6) is 23.0 Å². The van der Waals surface area contributed by atoms with Crippen molar-refractivity contribution in [3.8, 4) is 45.3 Å². The lowest BCUT2D eigenvalue weighted by Crippen LogP contribution is -2.01. The molecule has 0 saturated carbocycles. The van der Waals surface area contributed by atoms with E-state index in [2.05, 4.69) is 9.24 Å². The molecule has 0 radical (unpaired) electrons. The molecule has 0 aliphatic carbocycles. The Morgan fingerprint density at radius 2 is 1.26 bits per heavy atom. The molecule has 4 nitrogen and oxygen atoms in total. The molecule has 0 aliphatic heterocycles. The molecule has 1 unspecified atom stereocenters. The van der Waals surface area contributed by atoms with Gasteiger partial charge in [-0.25, -0.2) is 0 Å². The number of rotatable bonds is 4. The molecule has 3 aromatic carbocycles. The lowest BCUT2D eigenvalue weighted by molar-refractivity contribution is 0.411. The molecule has 27 heavy (non-hydrogen) atoms. The van der Waals surface area contributed by atoms with E-state index in [1.165, 1.54) is 0 Å². The summed E-state index contributed by atoms with van der Waals surface area (Å²) in [7, 11) is 5.90. The number of phenols is 2. The molecule has 0 amide bonds. The van der Waals surface area contributed by atoms with Gasteiger partial charge in [-0.2, -0.15) is 0 Å². The van der Waals surface area contributed by atoms with E-state index in [1.807, 2.05) is 32.0 Å². The quantitative estimate of drug-likeness (QED) is 0.649. The van der Waals surface area contributed by atoms with E-state index in [4.69, 9.17) is 9.47 Å². The van der Waals surface area contributed by atoms with E-state index < -0.39 is 0 Å². The third-order valence-electron chi connectivity index (χ3n) is 4.68. The summed E-state index contributed by atoms with van der Waals surface area (Å²) >= 11 is 0. The first-order chi connectivity index (χ1) is 12.9. The van der Waals surface area contributed by atoms with Crippen molar-refractivity contribution in [1.29, 1.82) is 0 Å². The van der Waals surface area contributed by atoms with Gasteiger partial charge in [-0.3, -0.25) is 0 Å². The number of aryl methyl sites for hydroxylation is 2. The van der Waals surface area contributed by atoms with Gasteiger partial charge in [0.1, 0.15) is 23.0 Å². The zero-order valence-electron chi connectivity index (χ0n) is 15.8. The van der Waals surface area contributed by atoms with Gasteiger partial charge in [0, 0.05) is 16.7 Å². The predicted octanol–water partition coefficient (Wildman–Crippen LogP) is 4.57. The number of phenolic OH excluding ortho intramolecular Hbond substituents is 2. The van der Waals surface area contributed by atoms with Crippen molar-refractivity contribution in [3.63, 3.8) is 0 Å². The molecule has 0 saturated heterocycles. The maximum Gasteiger partial charge on any atom is 0.126 e. The van der Waals surface area contributed by atoms with Crippen LogP contribution in [0.1, 0.15) is 11.1 Å². The van der Waals surface area contributed by atoms with E-state index in [9.17, 15) is 10.2 Å². The Morgan fingerprint density at radius 3 is 1.81 bits per heavy atom. The highest BCUT2D eigenvalue weighted by atomic mass is 31.0. The summed E-state index contributed by atoms with van der Waals surface area (Å²) in [5.41, 5.74) is 4.33. The molecular formula is C22H23O4P. The third kappa shape index (κ3) is 3.45. The van der Waals surface area contributed by atoms with Gasteiger partial charge in [-0.05, 0) is 60.1 Å². The van der Waals surface area contributed by atoms with E-state index >= 15 is 0 Å². The van der Waals surface area contributed by atoms with Crippen LogP contribution in [0.3, 0.4) is 0 Å². The van der Waals surface area contributed by atoms with Crippen molar-refractivity contribution in [2.75, 3.05) is 14.2 Å². The summed E-state index contributed by atoms with van der Waals surface area (Å²) in [6, 6.07) is 13.0. The van der Waals surface area contributed by atoms with Crippen molar-refractivity contribution in [3.05, 3.63) is 53.6 Å². The summed E-state index contributed by atoms with van der Waals surface area (Å²) in [6.07, 6.45) is 0. The molecule has 0 spiro atoms. The van der Waals surface area contributed by atoms with Gasteiger partial charge in [0.25, 0.3) is 0 Å². The Morgan fingerprint density at radius 1 is 0.741 bits per heavy atom. The summed E-state index contributed by atoms with van der Waals surface area (Å²) in [6.45, 7) is 3.67. The SMILES string of the molecule is COc1cc(C)c(O)c(-c2cccc(P)c2-c2cc(OC)cc(C)c2O)c1. The molecule has 0 heterocycles. The summed E-state index contributed by atoms with van der Waals surface area (Å²) in [5, 5.41) is 22.3.